The lowest BCUT2D eigenvalue weighted by Gasteiger charge is -2.09. The molecule has 0 saturated carbocycles. The van der Waals surface area contributed by atoms with E-state index in [0.29, 0.717) is 9.21 Å². The van der Waals surface area contributed by atoms with E-state index in [1.165, 1.54) is 23.3 Å². The molecule has 0 bridgehead atoms. The minimum absolute atomic E-state index is 0.0955. The van der Waals surface area contributed by atoms with E-state index in [2.05, 4.69) is 15.0 Å². The van der Waals surface area contributed by atoms with E-state index in [1.54, 1.807) is 12.1 Å². The summed E-state index contributed by atoms with van der Waals surface area (Å²) in [6.07, 6.45) is -0.319. The lowest BCUT2D eigenvalue weighted by Crippen LogP contribution is -2.12. The van der Waals surface area contributed by atoms with Crippen molar-refractivity contribution in [2.75, 3.05) is 0 Å². The molecule has 21 heavy (non-hydrogen) atoms. The zero-order valence-electron chi connectivity index (χ0n) is 10.2. The number of nitrogens with zero attached hydrogens (tertiary/aromatic N) is 4. The van der Waals surface area contributed by atoms with Crippen molar-refractivity contribution < 1.29 is 13.2 Å². The van der Waals surface area contributed by atoms with Crippen LogP contribution in [-0.4, -0.2) is 19.5 Å². The Bertz CT molecular complexity index is 767. The predicted molar refractivity (Wildman–Crippen MR) is 72.5 cm³/mol. The number of alkyl halides is 3. The summed E-state index contributed by atoms with van der Waals surface area (Å²) in [5.41, 5.74) is -0.848. The van der Waals surface area contributed by atoms with Gasteiger partial charge in [-0.1, -0.05) is 11.6 Å². The second-order valence-electron chi connectivity index (χ2n) is 4.01. The van der Waals surface area contributed by atoms with Crippen LogP contribution >= 0.6 is 22.9 Å². The van der Waals surface area contributed by atoms with Crippen LogP contribution in [0, 0.1) is 0 Å². The molecule has 0 aliphatic carbocycles. The number of hydrogen-bond acceptors (Lipinski definition) is 4. The maximum Gasteiger partial charge on any atom is 0.433 e. The molecule has 0 aromatic carbocycles. The van der Waals surface area contributed by atoms with E-state index in [4.69, 9.17) is 11.6 Å². The van der Waals surface area contributed by atoms with Crippen LogP contribution in [0.3, 0.4) is 0 Å². The molecule has 3 aromatic heterocycles. The number of hydrogen-bond donors (Lipinski definition) is 0. The molecule has 9 heteroatoms. The van der Waals surface area contributed by atoms with Crippen molar-refractivity contribution in [3.05, 3.63) is 47.0 Å². The molecule has 0 spiro atoms. The summed E-state index contributed by atoms with van der Waals surface area (Å²) in [7, 11) is 0. The summed E-state index contributed by atoms with van der Waals surface area (Å²) in [6, 6.07) is 4.13. The second-order valence-corrected chi connectivity index (χ2v) is 5.72. The summed E-state index contributed by atoms with van der Waals surface area (Å²) >= 11 is 6.97. The van der Waals surface area contributed by atoms with Crippen molar-refractivity contribution in [3.8, 4) is 16.5 Å². The lowest BCUT2D eigenvalue weighted by atomic mass is 10.3. The first-order chi connectivity index (χ1) is 9.93. The highest BCUT2D eigenvalue weighted by atomic mass is 35.5. The van der Waals surface area contributed by atoms with Crippen molar-refractivity contribution in [3.63, 3.8) is 0 Å². The second kappa shape index (κ2) is 5.12. The third kappa shape index (κ3) is 2.91. The molecule has 0 unspecified atom stereocenters. The van der Waals surface area contributed by atoms with Gasteiger partial charge in [0.15, 0.2) is 5.69 Å². The quantitative estimate of drug-likeness (QED) is 0.711. The number of thiophene rings is 1. The Morgan fingerprint density at radius 3 is 2.57 bits per heavy atom. The molecule has 0 aliphatic rings. The molecule has 3 rings (SSSR count). The largest absolute Gasteiger partial charge is 0.433 e. The molecule has 0 N–H and O–H groups in total. The Morgan fingerprint density at radius 2 is 2.00 bits per heavy atom. The van der Waals surface area contributed by atoms with Crippen molar-refractivity contribution in [1.29, 1.82) is 0 Å². The maximum absolute atomic E-state index is 13.0. The summed E-state index contributed by atoms with van der Waals surface area (Å²) in [5, 5.41) is 0. The zero-order chi connectivity index (χ0) is 15.0. The van der Waals surface area contributed by atoms with Gasteiger partial charge in [0.05, 0.1) is 14.9 Å². The van der Waals surface area contributed by atoms with Gasteiger partial charge in [0.2, 0.25) is 5.95 Å². The maximum atomic E-state index is 13.0. The third-order valence-electron chi connectivity index (χ3n) is 2.57. The van der Waals surface area contributed by atoms with Gasteiger partial charge >= 0.3 is 6.18 Å². The predicted octanol–water partition coefficient (Wildman–Crippen LogP) is 4.06. The Hall–Kier alpha value is -1.93. The topological polar surface area (TPSA) is 43.6 Å². The van der Waals surface area contributed by atoms with E-state index in [0.717, 1.165) is 17.4 Å². The number of halogens is 4. The SMILES string of the molecule is FC(F)(F)c1cc(-c2ccc(Cl)s2)nc(-n2ccnc2)n1. The van der Waals surface area contributed by atoms with Gasteiger partial charge in [-0.15, -0.1) is 11.3 Å². The fourth-order valence-corrected chi connectivity index (χ4v) is 2.65. The van der Waals surface area contributed by atoms with Gasteiger partial charge in [-0.3, -0.25) is 4.57 Å². The Morgan fingerprint density at radius 1 is 1.19 bits per heavy atom. The molecule has 0 saturated heterocycles. The van der Waals surface area contributed by atoms with Gasteiger partial charge in [0, 0.05) is 12.4 Å². The van der Waals surface area contributed by atoms with Gasteiger partial charge in [-0.05, 0) is 18.2 Å². The van der Waals surface area contributed by atoms with Crippen LogP contribution in [-0.2, 0) is 6.18 Å². The molecule has 108 valence electrons. The van der Waals surface area contributed by atoms with Crippen molar-refractivity contribution >= 4 is 22.9 Å². The standard InChI is InChI=1S/C12H6ClF3N4S/c13-10-2-1-8(21-10)7-5-9(12(14,15)16)19-11(18-7)20-4-3-17-6-20/h1-6H. The van der Waals surface area contributed by atoms with Gasteiger partial charge in [-0.25, -0.2) is 15.0 Å². The molecular weight excluding hydrogens is 325 g/mol. The van der Waals surface area contributed by atoms with Gasteiger partial charge < -0.3 is 0 Å². The fraction of sp³-hybridized carbons (Fsp3) is 0.0833. The molecule has 0 fully saturated rings. The highest BCUT2D eigenvalue weighted by Crippen LogP contribution is 2.34. The van der Waals surface area contributed by atoms with Crippen LogP contribution in [0.1, 0.15) is 5.69 Å². The Labute approximate surface area is 125 Å². The molecule has 0 aliphatic heterocycles. The first-order valence-corrected chi connectivity index (χ1v) is 6.83. The Kier molecular flexibility index (Phi) is 3.42. The van der Waals surface area contributed by atoms with Crippen LogP contribution in [0.15, 0.2) is 36.9 Å². The molecule has 0 amide bonds. The van der Waals surface area contributed by atoms with Crippen molar-refractivity contribution in [1.82, 2.24) is 19.5 Å². The molecular formula is C12H6ClF3N4S. The van der Waals surface area contributed by atoms with Crippen LogP contribution in [0.4, 0.5) is 13.2 Å². The lowest BCUT2D eigenvalue weighted by molar-refractivity contribution is -0.141. The summed E-state index contributed by atoms with van der Waals surface area (Å²) < 4.78 is 40.7. The third-order valence-corrected chi connectivity index (χ3v) is 3.82. The van der Waals surface area contributed by atoms with Gasteiger partial charge in [0.25, 0.3) is 0 Å². The first kappa shape index (κ1) is 14.0. The zero-order valence-corrected chi connectivity index (χ0v) is 11.7. The summed E-state index contributed by atoms with van der Waals surface area (Å²) in [5.74, 6) is -0.0955. The van der Waals surface area contributed by atoms with E-state index in [-0.39, 0.29) is 11.6 Å². The molecule has 0 radical (unpaired) electrons. The van der Waals surface area contributed by atoms with Crippen LogP contribution in [0.2, 0.25) is 4.34 Å². The summed E-state index contributed by atoms with van der Waals surface area (Å²) in [6.45, 7) is 0. The highest BCUT2D eigenvalue weighted by molar-refractivity contribution is 7.19. The van der Waals surface area contributed by atoms with E-state index < -0.39 is 11.9 Å². The summed E-state index contributed by atoms with van der Waals surface area (Å²) in [4.78, 5) is 12.0. The van der Waals surface area contributed by atoms with Crippen LogP contribution in [0.25, 0.3) is 16.5 Å². The number of aromatic nitrogens is 4. The highest BCUT2D eigenvalue weighted by Gasteiger charge is 2.34. The number of imidazole rings is 1. The monoisotopic (exact) mass is 330 g/mol. The molecule has 3 heterocycles. The van der Waals surface area contributed by atoms with Crippen LogP contribution < -0.4 is 0 Å². The smallest absolute Gasteiger partial charge is 0.274 e. The average molecular weight is 331 g/mol. The molecule has 0 atom stereocenters. The Balaban J connectivity index is 2.18. The average Bonchev–Trinajstić information content (AvgIpc) is 3.08. The van der Waals surface area contributed by atoms with E-state index >= 15 is 0 Å². The van der Waals surface area contributed by atoms with E-state index in [9.17, 15) is 13.2 Å². The van der Waals surface area contributed by atoms with Crippen LogP contribution in [0.5, 0.6) is 0 Å². The fourth-order valence-electron chi connectivity index (χ4n) is 1.65. The van der Waals surface area contributed by atoms with Crippen molar-refractivity contribution in [2.45, 2.75) is 6.18 Å². The van der Waals surface area contributed by atoms with E-state index in [1.807, 2.05) is 0 Å². The van der Waals surface area contributed by atoms with Crippen molar-refractivity contribution in [2.24, 2.45) is 0 Å². The normalized spacial score (nSPS) is 11.8. The molecule has 4 nitrogen and oxygen atoms in total. The first-order valence-electron chi connectivity index (χ1n) is 5.64. The minimum atomic E-state index is -4.56. The van der Waals surface area contributed by atoms with Gasteiger partial charge in [0.1, 0.15) is 6.33 Å². The number of rotatable bonds is 2. The van der Waals surface area contributed by atoms with Gasteiger partial charge in [-0.2, -0.15) is 13.2 Å². The minimum Gasteiger partial charge on any atom is -0.274 e. The molecule has 3 aromatic rings.